The molecule has 0 aliphatic heterocycles. The molecule has 2 rings (SSSR count). The third-order valence-electron chi connectivity index (χ3n) is 2.83. The number of imidazole rings is 1. The number of fused-ring (bicyclic) bond motifs is 1. The molecular weight excluding hydrogens is 200 g/mol. The average Bonchev–Trinajstić information content (AvgIpc) is 2.58. The Balaban J connectivity index is 2.57. The van der Waals surface area contributed by atoms with E-state index in [0.717, 1.165) is 23.5 Å². The van der Waals surface area contributed by atoms with Crippen LogP contribution >= 0.6 is 0 Å². The highest BCUT2D eigenvalue weighted by Crippen LogP contribution is 2.22. The summed E-state index contributed by atoms with van der Waals surface area (Å²) in [6, 6.07) is 3.98. The predicted octanol–water partition coefficient (Wildman–Crippen LogP) is 1.81. The quantitative estimate of drug-likeness (QED) is 0.854. The van der Waals surface area contributed by atoms with Gasteiger partial charge in [-0.05, 0) is 32.5 Å². The summed E-state index contributed by atoms with van der Waals surface area (Å²) in [4.78, 5) is 8.87. The zero-order chi connectivity index (χ0) is 11.8. The number of nitrogens with one attached hydrogen (secondary N) is 1. The van der Waals surface area contributed by atoms with Gasteiger partial charge in [-0.3, -0.25) is 0 Å². The monoisotopic (exact) mass is 218 g/mol. The number of hydrogen-bond acceptors (Lipinski definition) is 3. The van der Waals surface area contributed by atoms with E-state index in [1.807, 2.05) is 19.2 Å². The molecule has 0 aromatic carbocycles. The summed E-state index contributed by atoms with van der Waals surface area (Å²) in [7, 11) is 2.03. The highest BCUT2D eigenvalue weighted by Gasteiger charge is 2.25. The lowest BCUT2D eigenvalue weighted by Crippen LogP contribution is -2.38. The molecule has 0 amide bonds. The topological polar surface area (TPSA) is 42.7 Å². The van der Waals surface area contributed by atoms with Crippen molar-refractivity contribution in [3.05, 3.63) is 24.2 Å². The number of pyridine rings is 1. The first-order valence-electron chi connectivity index (χ1n) is 5.59. The smallest absolute Gasteiger partial charge is 0.177 e. The Kier molecular flexibility index (Phi) is 2.68. The van der Waals surface area contributed by atoms with E-state index < -0.39 is 0 Å². The minimum Gasteiger partial charge on any atom is -0.328 e. The van der Waals surface area contributed by atoms with Gasteiger partial charge in [0.05, 0.1) is 11.1 Å². The van der Waals surface area contributed by atoms with Crippen molar-refractivity contribution in [2.24, 2.45) is 7.05 Å². The van der Waals surface area contributed by atoms with Crippen LogP contribution in [-0.2, 0) is 12.6 Å². The molecule has 4 heteroatoms. The Labute approximate surface area is 95.7 Å². The van der Waals surface area contributed by atoms with E-state index in [2.05, 4.69) is 40.6 Å². The van der Waals surface area contributed by atoms with E-state index in [-0.39, 0.29) is 5.54 Å². The molecule has 0 bridgehead atoms. The van der Waals surface area contributed by atoms with E-state index in [4.69, 9.17) is 0 Å². The second-order valence-corrected chi connectivity index (χ2v) is 4.50. The van der Waals surface area contributed by atoms with Crippen LogP contribution in [0.3, 0.4) is 0 Å². The Morgan fingerprint density at radius 1 is 1.44 bits per heavy atom. The molecular formula is C12H18N4. The summed E-state index contributed by atoms with van der Waals surface area (Å²) >= 11 is 0. The Hall–Kier alpha value is -1.42. The predicted molar refractivity (Wildman–Crippen MR) is 65.2 cm³/mol. The van der Waals surface area contributed by atoms with Crippen molar-refractivity contribution in [1.29, 1.82) is 0 Å². The Morgan fingerprint density at radius 3 is 2.81 bits per heavy atom. The van der Waals surface area contributed by atoms with Crippen LogP contribution < -0.4 is 5.32 Å². The van der Waals surface area contributed by atoms with Gasteiger partial charge in [0, 0.05) is 13.2 Å². The van der Waals surface area contributed by atoms with E-state index >= 15 is 0 Å². The van der Waals surface area contributed by atoms with Crippen LogP contribution in [0.25, 0.3) is 11.2 Å². The molecule has 0 aliphatic rings. The van der Waals surface area contributed by atoms with Crippen LogP contribution in [0.5, 0.6) is 0 Å². The number of nitrogens with zero attached hydrogens (tertiary/aromatic N) is 3. The molecule has 0 saturated carbocycles. The molecule has 0 unspecified atom stereocenters. The molecule has 2 heterocycles. The fraction of sp³-hybridized carbons (Fsp3) is 0.500. The van der Waals surface area contributed by atoms with Gasteiger partial charge in [0.25, 0.3) is 0 Å². The molecule has 0 fully saturated rings. The van der Waals surface area contributed by atoms with Crippen LogP contribution in [0.15, 0.2) is 18.3 Å². The van der Waals surface area contributed by atoms with Crippen molar-refractivity contribution in [1.82, 2.24) is 19.9 Å². The van der Waals surface area contributed by atoms with Crippen LogP contribution in [-0.4, -0.2) is 21.1 Å². The number of hydrogen-bond donors (Lipinski definition) is 1. The molecule has 0 radical (unpaired) electrons. The summed E-state index contributed by atoms with van der Waals surface area (Å²) < 4.78 is 2.10. The summed E-state index contributed by atoms with van der Waals surface area (Å²) in [5.74, 6) is 1.02. The lowest BCUT2D eigenvalue weighted by Gasteiger charge is -2.24. The van der Waals surface area contributed by atoms with Gasteiger partial charge in [0.1, 0.15) is 5.82 Å². The Bertz CT molecular complexity index is 499. The van der Waals surface area contributed by atoms with Gasteiger partial charge in [-0.25, -0.2) is 9.97 Å². The molecule has 0 aliphatic carbocycles. The largest absolute Gasteiger partial charge is 0.328 e. The molecule has 2 aromatic heterocycles. The van der Waals surface area contributed by atoms with E-state index in [1.54, 1.807) is 6.20 Å². The molecule has 0 saturated heterocycles. The van der Waals surface area contributed by atoms with Crippen molar-refractivity contribution in [2.75, 3.05) is 6.54 Å². The van der Waals surface area contributed by atoms with E-state index in [9.17, 15) is 0 Å². The van der Waals surface area contributed by atoms with Gasteiger partial charge in [-0.15, -0.1) is 0 Å². The van der Waals surface area contributed by atoms with Gasteiger partial charge in [0.15, 0.2) is 5.65 Å². The van der Waals surface area contributed by atoms with Crippen LogP contribution in [0.1, 0.15) is 26.6 Å². The molecule has 4 nitrogen and oxygen atoms in total. The molecule has 16 heavy (non-hydrogen) atoms. The number of rotatable bonds is 3. The molecule has 1 N–H and O–H groups in total. The summed E-state index contributed by atoms with van der Waals surface area (Å²) in [6.45, 7) is 7.29. The fourth-order valence-corrected chi connectivity index (χ4v) is 2.11. The van der Waals surface area contributed by atoms with Crippen molar-refractivity contribution in [3.63, 3.8) is 0 Å². The first-order chi connectivity index (χ1) is 7.56. The minimum absolute atomic E-state index is 0.135. The maximum atomic E-state index is 4.59. The highest BCUT2D eigenvalue weighted by atomic mass is 15.1. The second kappa shape index (κ2) is 3.87. The Morgan fingerprint density at radius 2 is 2.19 bits per heavy atom. The number of aromatic nitrogens is 3. The zero-order valence-electron chi connectivity index (χ0n) is 10.3. The molecule has 0 atom stereocenters. The SMILES string of the molecule is CCNC(C)(C)c1nc2ncccc2n1C. The lowest BCUT2D eigenvalue weighted by atomic mass is 10.1. The third-order valence-corrected chi connectivity index (χ3v) is 2.83. The van der Waals surface area contributed by atoms with Crippen molar-refractivity contribution < 1.29 is 0 Å². The maximum absolute atomic E-state index is 4.59. The lowest BCUT2D eigenvalue weighted by molar-refractivity contribution is 0.382. The molecule has 2 aromatic rings. The van der Waals surface area contributed by atoms with Crippen molar-refractivity contribution >= 4 is 11.2 Å². The first-order valence-corrected chi connectivity index (χ1v) is 5.59. The highest BCUT2D eigenvalue weighted by molar-refractivity contribution is 5.71. The average molecular weight is 218 g/mol. The fourth-order valence-electron chi connectivity index (χ4n) is 2.11. The van der Waals surface area contributed by atoms with Crippen molar-refractivity contribution in [2.45, 2.75) is 26.3 Å². The summed E-state index contributed by atoms with van der Waals surface area (Å²) in [5, 5.41) is 3.43. The maximum Gasteiger partial charge on any atom is 0.177 e. The minimum atomic E-state index is -0.135. The number of aryl methyl sites for hydroxylation is 1. The third kappa shape index (κ3) is 1.69. The van der Waals surface area contributed by atoms with Gasteiger partial charge in [0.2, 0.25) is 0 Å². The molecule has 0 spiro atoms. The van der Waals surface area contributed by atoms with Crippen LogP contribution in [0.4, 0.5) is 0 Å². The summed E-state index contributed by atoms with van der Waals surface area (Å²) in [6.07, 6.45) is 1.78. The van der Waals surface area contributed by atoms with E-state index in [1.165, 1.54) is 0 Å². The zero-order valence-corrected chi connectivity index (χ0v) is 10.3. The van der Waals surface area contributed by atoms with Crippen LogP contribution in [0.2, 0.25) is 0 Å². The van der Waals surface area contributed by atoms with Gasteiger partial charge in [-0.2, -0.15) is 0 Å². The van der Waals surface area contributed by atoms with Gasteiger partial charge < -0.3 is 9.88 Å². The van der Waals surface area contributed by atoms with Gasteiger partial charge in [-0.1, -0.05) is 6.92 Å². The van der Waals surface area contributed by atoms with Crippen molar-refractivity contribution in [3.8, 4) is 0 Å². The molecule has 86 valence electrons. The van der Waals surface area contributed by atoms with Gasteiger partial charge >= 0.3 is 0 Å². The first kappa shape index (κ1) is 11.1. The van der Waals surface area contributed by atoms with Crippen LogP contribution in [0, 0.1) is 0 Å². The standard InChI is InChI=1S/C12H18N4/c1-5-14-12(2,3)11-15-10-9(16(11)4)7-6-8-13-10/h6-8,14H,5H2,1-4H3. The normalized spacial score (nSPS) is 12.2. The second-order valence-electron chi connectivity index (χ2n) is 4.50. The summed E-state index contributed by atoms with van der Waals surface area (Å²) in [5.41, 5.74) is 1.75. The van der Waals surface area contributed by atoms with E-state index in [0.29, 0.717) is 0 Å².